The van der Waals surface area contributed by atoms with E-state index in [1.165, 1.54) is 25.0 Å². The molecule has 0 bridgehead atoms. The van der Waals surface area contributed by atoms with Crippen LogP contribution in [-0.2, 0) is 21.5 Å². The summed E-state index contributed by atoms with van der Waals surface area (Å²) in [4.78, 5) is 25.7. The van der Waals surface area contributed by atoms with Crippen LogP contribution >= 0.6 is 10.5 Å². The zero-order valence-electron chi connectivity index (χ0n) is 30.2. The van der Waals surface area contributed by atoms with Gasteiger partial charge >= 0.3 is 0 Å². The Hall–Kier alpha value is -3.64. The van der Waals surface area contributed by atoms with E-state index >= 15 is 0 Å². The predicted molar refractivity (Wildman–Crippen MR) is 202 cm³/mol. The first-order valence-corrected chi connectivity index (χ1v) is 19.1. The molecule has 2 unspecified atom stereocenters. The van der Waals surface area contributed by atoms with Gasteiger partial charge in [0.25, 0.3) is 0 Å². The van der Waals surface area contributed by atoms with E-state index in [2.05, 4.69) is 48.4 Å². The molecule has 9 nitrogen and oxygen atoms in total. The van der Waals surface area contributed by atoms with Crippen molar-refractivity contribution in [1.82, 2.24) is 20.7 Å². The highest BCUT2D eigenvalue weighted by Gasteiger charge is 2.31. The second-order valence-corrected chi connectivity index (χ2v) is 16.1. The molecule has 3 rings (SSSR count). The molecule has 0 saturated carbocycles. The molecule has 3 aromatic rings. The number of hydrogen-bond acceptors (Lipinski definition) is 7. The number of nitrogens with two attached hydrogens (primary N) is 1. The first-order chi connectivity index (χ1) is 23.2. The van der Waals surface area contributed by atoms with Crippen LogP contribution < -0.4 is 30.6 Å². The van der Waals surface area contributed by atoms with E-state index in [4.69, 9.17) is 9.92 Å². The third-order valence-electron chi connectivity index (χ3n) is 7.74. The number of carbonyl (C=O) groups is 2. The van der Waals surface area contributed by atoms with E-state index in [1.807, 2.05) is 50.4 Å². The Kier molecular flexibility index (Phi) is 17.6. The van der Waals surface area contributed by atoms with Gasteiger partial charge in [0.15, 0.2) is 0 Å². The number of rotatable bonds is 18. The zero-order chi connectivity index (χ0) is 36.5. The lowest BCUT2D eigenvalue weighted by atomic mass is 9.94. The molecular formula is C38H58FN5O4S. The van der Waals surface area contributed by atoms with Gasteiger partial charge < -0.3 is 25.7 Å². The highest BCUT2D eigenvalue weighted by molar-refractivity contribution is 8.28. The van der Waals surface area contributed by atoms with Gasteiger partial charge in [-0.15, -0.1) is 0 Å². The molecule has 0 radical (unpaired) electrons. The van der Waals surface area contributed by atoms with Crippen molar-refractivity contribution in [1.29, 1.82) is 0 Å². The lowest BCUT2D eigenvalue weighted by Gasteiger charge is -2.40. The number of aliphatic hydroxyl groups excluding tert-OH is 1. The Bertz CT molecular complexity index is 1410. The first-order valence-electron chi connectivity index (χ1n) is 17.0. The maximum Gasteiger partial charge on any atom is 0.239 e. The summed E-state index contributed by atoms with van der Waals surface area (Å²) in [6.45, 7) is 12.6. The monoisotopic (exact) mass is 699 g/mol. The Morgan fingerprint density at radius 1 is 0.939 bits per heavy atom. The molecule has 3 aromatic carbocycles. The fourth-order valence-corrected chi connectivity index (χ4v) is 6.92. The number of aliphatic hydroxyl groups is 1. The number of amides is 2. The van der Waals surface area contributed by atoms with E-state index in [0.717, 1.165) is 5.56 Å². The summed E-state index contributed by atoms with van der Waals surface area (Å²) >= 11 is 0. The lowest BCUT2D eigenvalue weighted by Crippen LogP contribution is -2.51. The van der Waals surface area contributed by atoms with Gasteiger partial charge in [0, 0.05) is 29.8 Å². The summed E-state index contributed by atoms with van der Waals surface area (Å²) in [7, 11) is -2.04. The zero-order valence-corrected chi connectivity index (χ0v) is 31.0. The van der Waals surface area contributed by atoms with E-state index in [1.54, 1.807) is 36.4 Å². The lowest BCUT2D eigenvalue weighted by molar-refractivity contribution is -0.126. The third-order valence-corrected chi connectivity index (χ3v) is 10.1. The number of anilines is 1. The average molecular weight is 700 g/mol. The molecule has 0 spiro atoms. The Balaban J connectivity index is 0.00000197. The van der Waals surface area contributed by atoms with Gasteiger partial charge in [-0.1, -0.05) is 83.0 Å². The first kappa shape index (κ1) is 41.5. The summed E-state index contributed by atoms with van der Waals surface area (Å²) in [5, 5.41) is 20.2. The molecule has 0 saturated heterocycles. The highest BCUT2D eigenvalue weighted by Crippen LogP contribution is 2.43. The van der Waals surface area contributed by atoms with E-state index in [-0.39, 0.29) is 30.6 Å². The van der Waals surface area contributed by atoms with Crippen LogP contribution in [0.1, 0.15) is 65.5 Å². The van der Waals surface area contributed by atoms with Crippen LogP contribution in [-0.4, -0.2) is 60.7 Å². The normalized spacial score (nSPS) is 14.4. The minimum atomic E-state index is -2.04. The molecule has 7 N–H and O–H groups in total. The minimum absolute atomic E-state index is 0.0709. The van der Waals surface area contributed by atoms with Crippen LogP contribution in [0.25, 0.3) is 0 Å². The Morgan fingerprint density at radius 3 is 2.18 bits per heavy atom. The van der Waals surface area contributed by atoms with Gasteiger partial charge in [0.2, 0.25) is 11.8 Å². The van der Waals surface area contributed by atoms with Crippen LogP contribution in [0.2, 0.25) is 0 Å². The molecule has 0 aliphatic heterocycles. The Labute approximate surface area is 294 Å². The molecule has 49 heavy (non-hydrogen) atoms. The fraction of sp³-hybridized carbons (Fsp3) is 0.474. The van der Waals surface area contributed by atoms with Crippen LogP contribution in [0.15, 0.2) is 78.9 Å². The van der Waals surface area contributed by atoms with E-state index in [9.17, 15) is 19.1 Å². The van der Waals surface area contributed by atoms with Crippen molar-refractivity contribution in [2.24, 2.45) is 5.92 Å². The Morgan fingerprint density at radius 2 is 1.59 bits per heavy atom. The molecule has 272 valence electrons. The number of halogens is 1. The topological polar surface area (TPSA) is 138 Å². The number of benzene rings is 3. The van der Waals surface area contributed by atoms with Crippen molar-refractivity contribution in [3.8, 4) is 5.75 Å². The minimum Gasteiger partial charge on any atom is -0.436 e. The van der Waals surface area contributed by atoms with Crippen LogP contribution in [0, 0.1) is 11.7 Å². The van der Waals surface area contributed by atoms with Crippen molar-refractivity contribution in [2.45, 2.75) is 78.5 Å². The van der Waals surface area contributed by atoms with Gasteiger partial charge in [-0.25, -0.2) is 4.39 Å². The molecule has 0 heterocycles. The fourth-order valence-electron chi connectivity index (χ4n) is 4.57. The van der Waals surface area contributed by atoms with Crippen molar-refractivity contribution in [3.05, 3.63) is 95.8 Å². The average Bonchev–Trinajstić information content (AvgIpc) is 3.07. The van der Waals surface area contributed by atoms with E-state index in [0.29, 0.717) is 35.9 Å². The van der Waals surface area contributed by atoms with E-state index < -0.39 is 34.1 Å². The quantitative estimate of drug-likeness (QED) is 0.0920. The maximum atomic E-state index is 13.7. The van der Waals surface area contributed by atoms with Crippen LogP contribution in [0.4, 0.5) is 10.1 Å². The molecule has 0 fully saturated rings. The summed E-state index contributed by atoms with van der Waals surface area (Å²) in [6.07, 6.45) is 4.01. The van der Waals surface area contributed by atoms with Crippen LogP contribution in [0.5, 0.6) is 5.75 Å². The molecule has 2 amide bonds. The van der Waals surface area contributed by atoms with Crippen molar-refractivity contribution in [3.63, 3.8) is 0 Å². The molecule has 11 heteroatoms. The SMILES string of the molecule is CC(C)CNS(C)(CC(O)[C@H](Cc1ccccc1)NC(=O)CNC(=O)CNC(C)(C)c1cccc(F)c1)Oc1ccc(N)cc1.CCCC. The summed E-state index contributed by atoms with van der Waals surface area (Å²) in [5.74, 6) is 0.0469. The summed E-state index contributed by atoms with van der Waals surface area (Å²) in [5.41, 5.74) is 7.45. The molecule has 0 aliphatic carbocycles. The number of unbranched alkanes of at least 4 members (excludes halogenated alkanes) is 1. The van der Waals surface area contributed by atoms with Gasteiger partial charge in [-0.2, -0.15) is 0 Å². The van der Waals surface area contributed by atoms with Gasteiger partial charge in [0.05, 0.1) is 25.2 Å². The molecular weight excluding hydrogens is 642 g/mol. The second kappa shape index (κ2) is 20.8. The van der Waals surface area contributed by atoms with Gasteiger partial charge in [-0.3, -0.25) is 19.6 Å². The number of nitrogens with one attached hydrogen (secondary N) is 4. The smallest absolute Gasteiger partial charge is 0.239 e. The van der Waals surface area contributed by atoms with Crippen molar-refractivity contribution >= 4 is 28.0 Å². The maximum absolute atomic E-state index is 13.7. The van der Waals surface area contributed by atoms with Crippen molar-refractivity contribution in [2.75, 3.05) is 37.4 Å². The van der Waals surface area contributed by atoms with Crippen LogP contribution in [0.3, 0.4) is 0 Å². The highest BCUT2D eigenvalue weighted by atomic mass is 32.3. The number of hydrogen-bond donors (Lipinski definition) is 6. The molecule has 3 atom stereocenters. The summed E-state index contributed by atoms with van der Waals surface area (Å²) < 4.78 is 23.6. The van der Waals surface area contributed by atoms with Crippen molar-refractivity contribution < 1.29 is 23.3 Å². The standard InChI is InChI=1S/C34H48FN5O4S.C4H10/c1-24(2)20-39-45(5,44-29-16-14-28(36)15-17-29)23-31(41)30(18-25-10-7-6-8-11-25)40-33(43)21-37-32(42)22-38-34(3,4)26-12-9-13-27(35)19-26;1-3-4-2/h6-17,19,24,30-31,38-39,41H,18,20-23,36H2,1-5H3,(H,37,42)(H,40,43);3-4H2,1-2H3/t30-,31?;/m0./s1. The van der Waals surface area contributed by atoms with Gasteiger partial charge in [-0.05, 0) is 84.2 Å². The molecule has 0 aliphatic rings. The largest absolute Gasteiger partial charge is 0.436 e. The second-order valence-electron chi connectivity index (χ2n) is 13.3. The number of carbonyl (C=O) groups excluding carboxylic acids is 2. The van der Waals surface area contributed by atoms with Gasteiger partial charge in [0.1, 0.15) is 11.6 Å². The summed E-state index contributed by atoms with van der Waals surface area (Å²) in [6, 6.07) is 22.2. The third kappa shape index (κ3) is 16.1. The molecule has 0 aromatic heterocycles. The predicted octanol–water partition coefficient (Wildman–Crippen LogP) is 5.83. The number of nitrogen functional groups attached to an aromatic ring is 1.